The van der Waals surface area contributed by atoms with Crippen molar-refractivity contribution in [3.63, 3.8) is 0 Å². The summed E-state index contributed by atoms with van der Waals surface area (Å²) in [5, 5.41) is 11.6. The molecule has 6 heteroatoms. The maximum atomic E-state index is 5.41. The van der Waals surface area contributed by atoms with E-state index in [2.05, 4.69) is 39.7 Å². The quantitative estimate of drug-likeness (QED) is 0.449. The molecule has 0 unspecified atom stereocenters. The first kappa shape index (κ1) is 19.3. The molecule has 2 aromatic heterocycles. The SMILES string of the molecule is c1ccc(CN=C(NCCc2ccco2)NCc2ccn(C3CCCC3)n2)cc1. The molecule has 0 amide bonds. The second kappa shape index (κ2) is 9.96. The molecule has 2 N–H and O–H groups in total. The minimum absolute atomic E-state index is 0.571. The summed E-state index contributed by atoms with van der Waals surface area (Å²) >= 11 is 0. The number of aliphatic imine (C=N–C) groups is 1. The Morgan fingerprint density at radius 3 is 2.72 bits per heavy atom. The molecule has 0 saturated heterocycles. The van der Waals surface area contributed by atoms with Gasteiger partial charge in [0.2, 0.25) is 0 Å². The summed E-state index contributed by atoms with van der Waals surface area (Å²) in [5.74, 6) is 1.76. The molecule has 0 aliphatic heterocycles. The second-order valence-corrected chi connectivity index (χ2v) is 7.49. The van der Waals surface area contributed by atoms with Crippen molar-refractivity contribution in [3.8, 4) is 0 Å². The van der Waals surface area contributed by atoms with Gasteiger partial charge in [-0.15, -0.1) is 0 Å². The zero-order chi connectivity index (χ0) is 19.7. The van der Waals surface area contributed by atoms with E-state index in [9.17, 15) is 0 Å². The summed E-state index contributed by atoms with van der Waals surface area (Å²) in [6.07, 6.45) is 9.74. The number of aromatic nitrogens is 2. The van der Waals surface area contributed by atoms with Gasteiger partial charge >= 0.3 is 0 Å². The predicted octanol–water partition coefficient (Wildman–Crippen LogP) is 4.07. The third-order valence-corrected chi connectivity index (χ3v) is 5.31. The maximum Gasteiger partial charge on any atom is 0.191 e. The summed E-state index contributed by atoms with van der Waals surface area (Å²) in [7, 11) is 0. The Bertz CT molecular complexity index is 879. The van der Waals surface area contributed by atoms with E-state index in [1.54, 1.807) is 6.26 Å². The van der Waals surface area contributed by atoms with E-state index in [1.165, 1.54) is 31.2 Å². The Hall–Kier alpha value is -3.02. The Labute approximate surface area is 172 Å². The van der Waals surface area contributed by atoms with E-state index < -0.39 is 0 Å². The molecule has 1 saturated carbocycles. The molecule has 0 radical (unpaired) electrons. The lowest BCUT2D eigenvalue weighted by Crippen LogP contribution is -2.38. The van der Waals surface area contributed by atoms with Crippen LogP contribution < -0.4 is 10.6 Å². The first-order valence-electron chi connectivity index (χ1n) is 10.5. The monoisotopic (exact) mass is 391 g/mol. The fourth-order valence-corrected chi connectivity index (χ4v) is 3.71. The number of nitrogens with one attached hydrogen (secondary N) is 2. The Morgan fingerprint density at radius 2 is 1.93 bits per heavy atom. The fourth-order valence-electron chi connectivity index (χ4n) is 3.71. The Kier molecular flexibility index (Phi) is 6.63. The number of hydrogen-bond donors (Lipinski definition) is 2. The van der Waals surface area contributed by atoms with Crippen LogP contribution >= 0.6 is 0 Å². The van der Waals surface area contributed by atoms with Gasteiger partial charge in [-0.25, -0.2) is 4.99 Å². The van der Waals surface area contributed by atoms with Crippen LogP contribution in [0.5, 0.6) is 0 Å². The highest BCUT2D eigenvalue weighted by molar-refractivity contribution is 5.79. The van der Waals surface area contributed by atoms with Crippen molar-refractivity contribution in [1.82, 2.24) is 20.4 Å². The van der Waals surface area contributed by atoms with Gasteiger partial charge in [0.05, 0.1) is 31.1 Å². The molecule has 0 atom stereocenters. The number of guanidine groups is 1. The molecule has 1 fully saturated rings. The number of hydrogen-bond acceptors (Lipinski definition) is 3. The van der Waals surface area contributed by atoms with Crippen LogP contribution in [0.2, 0.25) is 0 Å². The highest BCUT2D eigenvalue weighted by Crippen LogP contribution is 2.28. The zero-order valence-electron chi connectivity index (χ0n) is 16.8. The van der Waals surface area contributed by atoms with Gasteiger partial charge in [-0.2, -0.15) is 5.10 Å². The van der Waals surface area contributed by atoms with E-state index in [4.69, 9.17) is 14.5 Å². The van der Waals surface area contributed by atoms with Crippen molar-refractivity contribution in [2.75, 3.05) is 6.54 Å². The molecule has 0 spiro atoms. The molecular formula is C23H29N5O. The van der Waals surface area contributed by atoms with Gasteiger partial charge < -0.3 is 15.1 Å². The third-order valence-electron chi connectivity index (χ3n) is 5.31. The van der Waals surface area contributed by atoms with Crippen LogP contribution in [0.4, 0.5) is 0 Å². The molecule has 2 heterocycles. The molecule has 1 aliphatic rings. The van der Waals surface area contributed by atoms with Gasteiger partial charge in [0.15, 0.2) is 5.96 Å². The third kappa shape index (κ3) is 5.73. The molecule has 0 bridgehead atoms. The molecule has 1 aliphatic carbocycles. The highest BCUT2D eigenvalue weighted by atomic mass is 16.3. The predicted molar refractivity (Wildman–Crippen MR) is 115 cm³/mol. The molecular weight excluding hydrogens is 362 g/mol. The summed E-state index contributed by atoms with van der Waals surface area (Å²) in [6, 6.07) is 16.9. The van der Waals surface area contributed by atoms with Gasteiger partial charge in [-0.3, -0.25) is 4.68 Å². The molecule has 1 aromatic carbocycles. The molecule has 6 nitrogen and oxygen atoms in total. The topological polar surface area (TPSA) is 67.4 Å². The number of nitrogens with zero attached hydrogens (tertiary/aromatic N) is 3. The molecule has 152 valence electrons. The number of rotatable bonds is 8. The van der Waals surface area contributed by atoms with Crippen molar-refractivity contribution >= 4 is 5.96 Å². The zero-order valence-corrected chi connectivity index (χ0v) is 16.8. The summed E-state index contributed by atoms with van der Waals surface area (Å²) < 4.78 is 7.55. The summed E-state index contributed by atoms with van der Waals surface area (Å²) in [4.78, 5) is 4.74. The smallest absolute Gasteiger partial charge is 0.191 e. The van der Waals surface area contributed by atoms with E-state index in [-0.39, 0.29) is 0 Å². The van der Waals surface area contributed by atoms with Gasteiger partial charge in [0, 0.05) is 19.2 Å². The van der Waals surface area contributed by atoms with Crippen molar-refractivity contribution in [2.24, 2.45) is 4.99 Å². The molecule has 4 rings (SSSR count). The van der Waals surface area contributed by atoms with Crippen LogP contribution in [0.3, 0.4) is 0 Å². The average molecular weight is 392 g/mol. The van der Waals surface area contributed by atoms with Gasteiger partial charge in [0.1, 0.15) is 5.76 Å². The van der Waals surface area contributed by atoms with Crippen LogP contribution in [0.15, 0.2) is 70.4 Å². The van der Waals surface area contributed by atoms with E-state index >= 15 is 0 Å². The highest BCUT2D eigenvalue weighted by Gasteiger charge is 2.17. The summed E-state index contributed by atoms with van der Waals surface area (Å²) in [5.41, 5.74) is 2.22. The normalized spacial score (nSPS) is 15.0. The van der Waals surface area contributed by atoms with Crippen LogP contribution in [-0.4, -0.2) is 22.3 Å². The molecule has 29 heavy (non-hydrogen) atoms. The minimum Gasteiger partial charge on any atom is -0.469 e. The first-order valence-corrected chi connectivity index (χ1v) is 10.5. The molecule has 3 aromatic rings. The van der Waals surface area contributed by atoms with Gasteiger partial charge in [0.25, 0.3) is 0 Å². The van der Waals surface area contributed by atoms with E-state index in [1.807, 2.05) is 30.3 Å². The van der Waals surface area contributed by atoms with E-state index in [0.29, 0.717) is 19.1 Å². The van der Waals surface area contributed by atoms with Crippen LogP contribution in [-0.2, 0) is 19.5 Å². The van der Waals surface area contributed by atoms with Gasteiger partial charge in [-0.1, -0.05) is 43.2 Å². The van der Waals surface area contributed by atoms with Gasteiger partial charge in [-0.05, 0) is 36.6 Å². The van der Waals surface area contributed by atoms with Crippen molar-refractivity contribution < 1.29 is 4.42 Å². The Morgan fingerprint density at radius 1 is 1.07 bits per heavy atom. The van der Waals surface area contributed by atoms with Crippen LogP contribution in [0.25, 0.3) is 0 Å². The average Bonchev–Trinajstić information content (AvgIpc) is 3.52. The maximum absolute atomic E-state index is 5.41. The first-order chi connectivity index (χ1) is 14.4. The summed E-state index contributed by atoms with van der Waals surface area (Å²) in [6.45, 7) is 2.04. The van der Waals surface area contributed by atoms with E-state index in [0.717, 1.165) is 30.4 Å². The van der Waals surface area contributed by atoms with Crippen molar-refractivity contribution in [2.45, 2.75) is 51.2 Å². The van der Waals surface area contributed by atoms with Crippen LogP contribution in [0.1, 0.15) is 48.7 Å². The lowest BCUT2D eigenvalue weighted by molar-refractivity contribution is 0.462. The van der Waals surface area contributed by atoms with Crippen molar-refractivity contribution in [1.29, 1.82) is 0 Å². The minimum atomic E-state index is 0.571. The fraction of sp³-hybridized carbons (Fsp3) is 0.391. The number of furan rings is 1. The van der Waals surface area contributed by atoms with Crippen LogP contribution in [0, 0.1) is 0 Å². The lowest BCUT2D eigenvalue weighted by Gasteiger charge is -2.12. The number of benzene rings is 1. The lowest BCUT2D eigenvalue weighted by atomic mass is 10.2. The largest absolute Gasteiger partial charge is 0.469 e. The standard InChI is InChI=1S/C23H29N5O/c1-2-7-19(8-3-1)17-25-23(24-14-12-22-11-6-16-29-22)26-18-20-13-15-28(27-20)21-9-4-5-10-21/h1-3,6-8,11,13,15-16,21H,4-5,9-10,12,14,17-18H2,(H2,24,25,26). The second-order valence-electron chi connectivity index (χ2n) is 7.49. The van der Waals surface area contributed by atoms with Crippen molar-refractivity contribution in [3.05, 3.63) is 78.0 Å². The Balaban J connectivity index is 1.34.